The molecule has 2 aliphatic rings. The molecule has 2 saturated heterocycles. The van der Waals surface area contributed by atoms with Crippen LogP contribution in [0.4, 0.5) is 0 Å². The van der Waals surface area contributed by atoms with E-state index in [2.05, 4.69) is 0 Å². The number of hydrogen-bond acceptors (Lipinski definition) is 9. The van der Waals surface area contributed by atoms with Crippen molar-refractivity contribution in [3.05, 3.63) is 0 Å². The fourth-order valence-corrected chi connectivity index (χ4v) is 5.82. The van der Waals surface area contributed by atoms with Crippen LogP contribution in [0, 0.1) is 29.6 Å². The van der Waals surface area contributed by atoms with Crippen LogP contribution in [0.5, 0.6) is 0 Å². The highest BCUT2D eigenvalue weighted by atomic mass is 16.7. The van der Waals surface area contributed by atoms with Crippen molar-refractivity contribution in [1.82, 2.24) is 4.90 Å². The maximum Gasteiger partial charge on any atom is 0.311 e. The number of ketones is 1. The van der Waals surface area contributed by atoms with Crippen LogP contribution < -0.4 is 0 Å². The van der Waals surface area contributed by atoms with Gasteiger partial charge in [0, 0.05) is 30.2 Å². The Balaban J connectivity index is 2.37. The smallest absolute Gasteiger partial charge is 0.311 e. The van der Waals surface area contributed by atoms with E-state index in [1.54, 1.807) is 20.8 Å². The molecule has 2 rings (SSSR count). The molecule has 2 aliphatic heterocycles. The number of ether oxygens (including phenoxy) is 3. The number of nitrogens with zero attached hydrogens (tertiary/aromatic N) is 1. The SMILES string of the molecule is CC[C@H]1OC(=O)[C@H](C)[C@@H](O)[C@H](C)[C@@H](OC2OC(C)CC(N(C)C)C2O)[C@@H](C)CCC(=O)[C@H](C)[C@@H](O)[C@H]1C. The molecular weight excluding hydrogens is 478 g/mol. The summed E-state index contributed by atoms with van der Waals surface area (Å²) < 4.78 is 18.1. The highest BCUT2D eigenvalue weighted by molar-refractivity contribution is 5.81. The molecule has 0 saturated carbocycles. The molecule has 0 aromatic rings. The van der Waals surface area contributed by atoms with Crippen molar-refractivity contribution in [3.63, 3.8) is 0 Å². The number of likely N-dealkylation sites (N-methyl/N-ethyl adjacent to an activating group) is 1. The van der Waals surface area contributed by atoms with Gasteiger partial charge in [0.25, 0.3) is 0 Å². The van der Waals surface area contributed by atoms with Crippen LogP contribution in [-0.2, 0) is 23.8 Å². The van der Waals surface area contributed by atoms with E-state index in [4.69, 9.17) is 14.2 Å². The molecular formula is C28H51NO8. The second-order valence-electron chi connectivity index (χ2n) is 11.8. The van der Waals surface area contributed by atoms with Crippen LogP contribution in [0.1, 0.15) is 74.1 Å². The molecule has 216 valence electrons. The molecule has 0 aliphatic carbocycles. The maximum atomic E-state index is 13.1. The van der Waals surface area contributed by atoms with Gasteiger partial charge in [0.2, 0.25) is 0 Å². The minimum absolute atomic E-state index is 0.0694. The normalized spacial score (nSPS) is 45.4. The van der Waals surface area contributed by atoms with Gasteiger partial charge in [0.1, 0.15) is 18.0 Å². The molecule has 2 heterocycles. The predicted octanol–water partition coefficient (Wildman–Crippen LogP) is 2.38. The molecule has 37 heavy (non-hydrogen) atoms. The van der Waals surface area contributed by atoms with Crippen molar-refractivity contribution >= 4 is 11.8 Å². The van der Waals surface area contributed by atoms with E-state index in [1.165, 1.54) is 0 Å². The molecule has 0 radical (unpaired) electrons. The molecule has 13 atom stereocenters. The predicted molar refractivity (Wildman–Crippen MR) is 140 cm³/mol. The highest BCUT2D eigenvalue weighted by Gasteiger charge is 2.44. The standard InChI is InChI=1S/C28H51NO8/c1-10-22-17(5)23(31)16(4)21(30)12-11-14(2)26(18(6)24(32)19(7)27(34)36-22)37-28-25(33)20(29(8)9)13-15(3)35-28/h14-20,22-26,28,31-33H,10-13H2,1-9H3/t14-,15?,16-,17-,18-,19+,20?,22+,23+,24-,25?,26-,28?/m0/s1. The van der Waals surface area contributed by atoms with E-state index in [-0.39, 0.29) is 30.3 Å². The lowest BCUT2D eigenvalue weighted by Gasteiger charge is -2.44. The number of carbonyl (C=O) groups excluding carboxylic acids is 2. The van der Waals surface area contributed by atoms with Crippen LogP contribution in [0.2, 0.25) is 0 Å². The summed E-state index contributed by atoms with van der Waals surface area (Å²) in [6.07, 6.45) is -3.33. The number of Topliss-reactive ketones (excluding diaryl/α,β-unsaturated/α-hetero) is 1. The molecule has 0 aromatic heterocycles. The van der Waals surface area contributed by atoms with Gasteiger partial charge >= 0.3 is 5.97 Å². The first kappa shape index (κ1) is 32.1. The first-order valence-corrected chi connectivity index (χ1v) is 14.0. The Morgan fingerprint density at radius 2 is 1.51 bits per heavy atom. The second-order valence-corrected chi connectivity index (χ2v) is 11.8. The number of cyclic esters (lactones) is 1. The Labute approximate surface area is 222 Å². The molecule has 0 spiro atoms. The summed E-state index contributed by atoms with van der Waals surface area (Å²) in [7, 11) is 3.80. The summed E-state index contributed by atoms with van der Waals surface area (Å²) >= 11 is 0. The number of aliphatic hydroxyl groups excluding tert-OH is 3. The van der Waals surface area contributed by atoms with Crippen LogP contribution in [0.25, 0.3) is 0 Å². The number of hydrogen-bond donors (Lipinski definition) is 3. The quantitative estimate of drug-likeness (QED) is 0.471. The summed E-state index contributed by atoms with van der Waals surface area (Å²) in [5.41, 5.74) is 0. The van der Waals surface area contributed by atoms with E-state index >= 15 is 0 Å². The molecule has 9 heteroatoms. The van der Waals surface area contributed by atoms with Crippen molar-refractivity contribution in [2.75, 3.05) is 14.1 Å². The maximum absolute atomic E-state index is 13.1. The van der Waals surface area contributed by atoms with E-state index in [9.17, 15) is 24.9 Å². The summed E-state index contributed by atoms with van der Waals surface area (Å²) in [6.45, 7) is 12.7. The van der Waals surface area contributed by atoms with E-state index in [0.717, 1.165) is 0 Å². The van der Waals surface area contributed by atoms with Crippen molar-refractivity contribution in [1.29, 1.82) is 0 Å². The third kappa shape index (κ3) is 7.73. The van der Waals surface area contributed by atoms with Gasteiger partial charge in [-0.1, -0.05) is 34.6 Å². The molecule has 3 N–H and O–H groups in total. The average Bonchev–Trinajstić information content (AvgIpc) is 2.86. The summed E-state index contributed by atoms with van der Waals surface area (Å²) in [5, 5.41) is 33.2. The zero-order valence-corrected chi connectivity index (χ0v) is 24.2. The topological polar surface area (TPSA) is 126 Å². The zero-order valence-electron chi connectivity index (χ0n) is 24.2. The molecule has 0 bridgehead atoms. The minimum atomic E-state index is -1.09. The Morgan fingerprint density at radius 3 is 2.08 bits per heavy atom. The van der Waals surface area contributed by atoms with Crippen LogP contribution in [-0.4, -0.2) is 95.0 Å². The van der Waals surface area contributed by atoms with Crippen LogP contribution in [0.3, 0.4) is 0 Å². The van der Waals surface area contributed by atoms with E-state index in [0.29, 0.717) is 19.3 Å². The van der Waals surface area contributed by atoms with Gasteiger partial charge in [-0.25, -0.2) is 0 Å². The zero-order chi connectivity index (χ0) is 28.2. The first-order valence-electron chi connectivity index (χ1n) is 14.0. The van der Waals surface area contributed by atoms with Gasteiger partial charge < -0.3 is 34.4 Å². The van der Waals surface area contributed by atoms with Gasteiger partial charge in [-0.05, 0) is 53.1 Å². The lowest BCUT2D eigenvalue weighted by atomic mass is 9.80. The lowest BCUT2D eigenvalue weighted by Crippen LogP contribution is -2.56. The fraction of sp³-hybridized carbons (Fsp3) is 0.929. The number of esters is 1. The number of aliphatic hydroxyl groups is 3. The van der Waals surface area contributed by atoms with E-state index < -0.39 is 66.5 Å². The van der Waals surface area contributed by atoms with Crippen molar-refractivity contribution in [2.45, 2.75) is 123 Å². The first-order chi connectivity index (χ1) is 17.2. The van der Waals surface area contributed by atoms with Gasteiger partial charge in [-0.3, -0.25) is 9.59 Å². The largest absolute Gasteiger partial charge is 0.462 e. The molecule has 2 fully saturated rings. The lowest BCUT2D eigenvalue weighted by molar-refractivity contribution is -0.282. The minimum Gasteiger partial charge on any atom is -0.462 e. The molecule has 9 nitrogen and oxygen atoms in total. The Hall–Kier alpha value is -1.10. The van der Waals surface area contributed by atoms with Crippen molar-refractivity contribution < 1.29 is 39.1 Å². The van der Waals surface area contributed by atoms with Gasteiger partial charge in [-0.2, -0.15) is 0 Å². The number of carbonyl (C=O) groups is 2. The second kappa shape index (κ2) is 13.8. The molecule has 0 aromatic carbocycles. The molecule has 0 amide bonds. The average molecular weight is 530 g/mol. The Morgan fingerprint density at radius 1 is 0.919 bits per heavy atom. The van der Waals surface area contributed by atoms with E-state index in [1.807, 2.05) is 46.7 Å². The Kier molecular flexibility index (Phi) is 12.0. The third-order valence-electron chi connectivity index (χ3n) is 8.73. The third-order valence-corrected chi connectivity index (χ3v) is 8.73. The monoisotopic (exact) mass is 529 g/mol. The summed E-state index contributed by atoms with van der Waals surface area (Å²) in [6, 6.07) is -0.159. The fourth-order valence-electron chi connectivity index (χ4n) is 5.82. The number of rotatable bonds is 4. The highest BCUT2D eigenvalue weighted by Crippen LogP contribution is 2.34. The summed E-state index contributed by atoms with van der Waals surface area (Å²) in [4.78, 5) is 28.0. The van der Waals surface area contributed by atoms with Gasteiger partial charge in [0.05, 0.1) is 30.3 Å². The Bertz CT molecular complexity index is 748. The van der Waals surface area contributed by atoms with Gasteiger partial charge in [-0.15, -0.1) is 0 Å². The summed E-state index contributed by atoms with van der Waals surface area (Å²) in [5.74, 6) is -3.20. The van der Waals surface area contributed by atoms with Gasteiger partial charge in [0.15, 0.2) is 6.29 Å². The van der Waals surface area contributed by atoms with Crippen molar-refractivity contribution in [3.8, 4) is 0 Å². The molecule has 4 unspecified atom stereocenters. The van der Waals surface area contributed by atoms with Crippen LogP contribution >= 0.6 is 0 Å². The van der Waals surface area contributed by atoms with Crippen LogP contribution in [0.15, 0.2) is 0 Å². The van der Waals surface area contributed by atoms with Crippen molar-refractivity contribution in [2.24, 2.45) is 29.6 Å².